The summed E-state index contributed by atoms with van der Waals surface area (Å²) < 4.78 is 12.1. The Hall–Kier alpha value is -2.15. The van der Waals surface area contributed by atoms with Gasteiger partial charge in [-0.15, -0.1) is 0 Å². The Morgan fingerprint density at radius 1 is 1.19 bits per heavy atom. The first-order chi connectivity index (χ1) is 13.2. The number of carbonyl (C=O) groups excluding carboxylic acids is 1. The van der Waals surface area contributed by atoms with Crippen LogP contribution in [0.15, 0.2) is 59.5 Å². The molecule has 2 aliphatic heterocycles. The molecule has 138 valence electrons. The van der Waals surface area contributed by atoms with Crippen molar-refractivity contribution >= 4 is 40.3 Å². The van der Waals surface area contributed by atoms with Crippen LogP contribution in [0.3, 0.4) is 0 Å². The molecule has 2 saturated heterocycles. The molecule has 0 bridgehead atoms. The first-order valence-electron chi connectivity index (χ1n) is 8.89. The molecule has 0 aromatic heterocycles. The Bertz CT molecular complexity index is 876. The summed E-state index contributed by atoms with van der Waals surface area (Å²) in [6.07, 6.45) is 3.99. The van der Waals surface area contributed by atoms with E-state index in [-0.39, 0.29) is 12.0 Å². The molecule has 2 heterocycles. The number of para-hydroxylation sites is 1. The zero-order valence-corrected chi connectivity index (χ0v) is 16.3. The molecule has 2 aromatic rings. The zero-order valence-electron chi connectivity index (χ0n) is 14.7. The summed E-state index contributed by atoms with van der Waals surface area (Å²) in [4.78, 5) is 15.0. The second-order valence-corrected chi connectivity index (χ2v) is 8.09. The Balaban J connectivity index is 1.49. The number of hydrogen-bond donors (Lipinski definition) is 0. The monoisotopic (exact) mass is 397 g/mol. The number of amides is 1. The van der Waals surface area contributed by atoms with Crippen molar-refractivity contribution in [3.8, 4) is 11.5 Å². The van der Waals surface area contributed by atoms with E-state index in [4.69, 9.17) is 21.7 Å². The first kappa shape index (κ1) is 18.2. The van der Waals surface area contributed by atoms with Gasteiger partial charge >= 0.3 is 0 Å². The van der Waals surface area contributed by atoms with Crippen LogP contribution in [0.2, 0.25) is 0 Å². The van der Waals surface area contributed by atoms with E-state index in [1.807, 2.05) is 60.7 Å². The van der Waals surface area contributed by atoms with Crippen LogP contribution in [0.25, 0.3) is 6.08 Å². The highest BCUT2D eigenvalue weighted by Crippen LogP contribution is 2.34. The molecule has 6 heteroatoms. The minimum atomic E-state index is -0.0464. The highest BCUT2D eigenvalue weighted by Gasteiger charge is 2.34. The fourth-order valence-electron chi connectivity index (χ4n) is 3.09. The number of nitrogens with zero attached hydrogens (tertiary/aromatic N) is 1. The first-order valence-corrected chi connectivity index (χ1v) is 10.1. The van der Waals surface area contributed by atoms with Crippen LogP contribution in [0.1, 0.15) is 18.4 Å². The van der Waals surface area contributed by atoms with E-state index in [0.29, 0.717) is 15.8 Å². The number of hydrogen-bond acceptors (Lipinski definition) is 5. The Morgan fingerprint density at radius 3 is 2.78 bits per heavy atom. The standard InChI is InChI=1S/C21H19NO3S2/c23-20-19(27-21(26)22(20)14-18-10-5-11-24-18)13-15-6-4-9-17(12-15)25-16-7-2-1-3-8-16/h1-4,6-9,12-13,18H,5,10-11,14H2/b19-13+/t18-/m0/s1. The van der Waals surface area contributed by atoms with Gasteiger partial charge in [-0.05, 0) is 48.7 Å². The molecule has 0 spiro atoms. The number of carbonyl (C=O) groups is 1. The largest absolute Gasteiger partial charge is 0.457 e. The Morgan fingerprint density at radius 2 is 2.00 bits per heavy atom. The third kappa shape index (κ3) is 4.40. The summed E-state index contributed by atoms with van der Waals surface area (Å²) in [5.74, 6) is 1.46. The molecule has 4 rings (SSSR count). The van der Waals surface area contributed by atoms with Gasteiger partial charge in [-0.3, -0.25) is 9.69 Å². The summed E-state index contributed by atoms with van der Waals surface area (Å²) in [6, 6.07) is 17.3. The van der Waals surface area contributed by atoms with Crippen LogP contribution in [0, 0.1) is 0 Å². The van der Waals surface area contributed by atoms with Gasteiger partial charge in [0.2, 0.25) is 0 Å². The molecule has 0 radical (unpaired) electrons. The smallest absolute Gasteiger partial charge is 0.266 e. The van der Waals surface area contributed by atoms with Gasteiger partial charge in [0.25, 0.3) is 5.91 Å². The number of rotatable bonds is 5. The van der Waals surface area contributed by atoms with E-state index < -0.39 is 0 Å². The van der Waals surface area contributed by atoms with Gasteiger partial charge in [0, 0.05) is 6.61 Å². The van der Waals surface area contributed by atoms with E-state index in [1.54, 1.807) is 4.90 Å². The van der Waals surface area contributed by atoms with Crippen LogP contribution in [0.5, 0.6) is 11.5 Å². The maximum Gasteiger partial charge on any atom is 0.266 e. The summed E-state index contributed by atoms with van der Waals surface area (Å²) in [6.45, 7) is 1.31. The number of thiocarbonyl (C=S) groups is 1. The Kier molecular flexibility index (Phi) is 5.57. The van der Waals surface area contributed by atoms with Crippen molar-refractivity contribution in [2.75, 3.05) is 13.2 Å². The van der Waals surface area contributed by atoms with Gasteiger partial charge in [-0.1, -0.05) is 54.3 Å². The van der Waals surface area contributed by atoms with Gasteiger partial charge in [-0.2, -0.15) is 0 Å². The highest BCUT2D eigenvalue weighted by atomic mass is 32.2. The average molecular weight is 398 g/mol. The molecule has 0 saturated carbocycles. The lowest BCUT2D eigenvalue weighted by atomic mass is 10.2. The molecule has 0 aliphatic carbocycles. The lowest BCUT2D eigenvalue weighted by molar-refractivity contribution is -0.123. The molecule has 1 atom stereocenters. The van der Waals surface area contributed by atoms with Crippen LogP contribution in [-0.2, 0) is 9.53 Å². The van der Waals surface area contributed by atoms with Gasteiger partial charge in [-0.25, -0.2) is 0 Å². The van der Waals surface area contributed by atoms with Crippen LogP contribution in [0.4, 0.5) is 0 Å². The van der Waals surface area contributed by atoms with Crippen molar-refractivity contribution in [2.24, 2.45) is 0 Å². The summed E-state index contributed by atoms with van der Waals surface area (Å²) >= 11 is 6.75. The van der Waals surface area contributed by atoms with Gasteiger partial charge in [0.05, 0.1) is 17.6 Å². The SMILES string of the molecule is O=C1/C(=C\c2cccc(Oc3ccccc3)c2)SC(=S)N1C[C@@H]1CCCO1. The summed E-state index contributed by atoms with van der Waals surface area (Å²) in [5, 5.41) is 0. The van der Waals surface area contributed by atoms with E-state index >= 15 is 0 Å². The van der Waals surface area contributed by atoms with Crippen molar-refractivity contribution < 1.29 is 14.3 Å². The van der Waals surface area contributed by atoms with Crippen LogP contribution >= 0.6 is 24.0 Å². The molecular formula is C21H19NO3S2. The fourth-order valence-corrected chi connectivity index (χ4v) is 4.37. The maximum absolute atomic E-state index is 12.7. The lowest BCUT2D eigenvalue weighted by Crippen LogP contribution is -2.35. The Labute approximate surface area is 168 Å². The van der Waals surface area contributed by atoms with E-state index in [9.17, 15) is 4.79 Å². The predicted molar refractivity (Wildman–Crippen MR) is 112 cm³/mol. The maximum atomic E-state index is 12.7. The van der Waals surface area contributed by atoms with Crippen LogP contribution < -0.4 is 4.74 Å². The lowest BCUT2D eigenvalue weighted by Gasteiger charge is -2.18. The molecular weight excluding hydrogens is 378 g/mol. The fraction of sp³-hybridized carbons (Fsp3) is 0.238. The van der Waals surface area contributed by atoms with E-state index in [2.05, 4.69) is 0 Å². The highest BCUT2D eigenvalue weighted by molar-refractivity contribution is 8.26. The summed E-state index contributed by atoms with van der Waals surface area (Å²) in [5.41, 5.74) is 0.904. The molecule has 0 unspecified atom stereocenters. The molecule has 2 aliphatic rings. The topological polar surface area (TPSA) is 38.8 Å². The van der Waals surface area contributed by atoms with Crippen molar-refractivity contribution in [3.63, 3.8) is 0 Å². The molecule has 4 nitrogen and oxygen atoms in total. The average Bonchev–Trinajstić information content (AvgIpc) is 3.27. The van der Waals surface area contributed by atoms with Gasteiger partial charge < -0.3 is 9.47 Å². The normalized spacial score (nSPS) is 21.3. The minimum absolute atomic E-state index is 0.0464. The molecule has 1 amide bonds. The number of ether oxygens (including phenoxy) is 2. The summed E-state index contributed by atoms with van der Waals surface area (Å²) in [7, 11) is 0. The van der Waals surface area contributed by atoms with Crippen molar-refractivity contribution in [2.45, 2.75) is 18.9 Å². The quantitative estimate of drug-likeness (QED) is 0.532. The van der Waals surface area contributed by atoms with Gasteiger partial charge in [0.1, 0.15) is 15.8 Å². The second-order valence-electron chi connectivity index (χ2n) is 6.41. The van der Waals surface area contributed by atoms with Crippen molar-refractivity contribution in [1.82, 2.24) is 4.90 Å². The molecule has 0 N–H and O–H groups in total. The number of thioether (sulfide) groups is 1. The molecule has 2 aromatic carbocycles. The van der Waals surface area contributed by atoms with E-state index in [1.165, 1.54) is 11.8 Å². The minimum Gasteiger partial charge on any atom is -0.457 e. The van der Waals surface area contributed by atoms with Gasteiger partial charge in [0.15, 0.2) is 0 Å². The predicted octanol–water partition coefficient (Wildman–Crippen LogP) is 4.86. The van der Waals surface area contributed by atoms with E-state index in [0.717, 1.165) is 36.5 Å². The van der Waals surface area contributed by atoms with Crippen molar-refractivity contribution in [3.05, 3.63) is 65.1 Å². The van der Waals surface area contributed by atoms with Crippen molar-refractivity contribution in [1.29, 1.82) is 0 Å². The number of benzene rings is 2. The third-order valence-corrected chi connectivity index (χ3v) is 5.80. The zero-order chi connectivity index (χ0) is 18.6. The molecule has 27 heavy (non-hydrogen) atoms. The molecule has 2 fully saturated rings. The van der Waals surface area contributed by atoms with Crippen LogP contribution in [-0.4, -0.2) is 34.4 Å². The third-order valence-electron chi connectivity index (χ3n) is 4.42. The second kappa shape index (κ2) is 8.25.